The van der Waals surface area contributed by atoms with E-state index in [2.05, 4.69) is 10.3 Å². The maximum atomic E-state index is 11.5. The predicted molar refractivity (Wildman–Crippen MR) is 85.0 cm³/mol. The Bertz CT molecular complexity index is 871. The van der Waals surface area contributed by atoms with Gasteiger partial charge in [0.1, 0.15) is 11.4 Å². The Morgan fingerprint density at radius 2 is 1.96 bits per heavy atom. The first-order valence-corrected chi connectivity index (χ1v) is 7.00. The number of nitrogens with zero attached hydrogens (tertiary/aromatic N) is 3. The number of hydrogen-bond acceptors (Lipinski definition) is 4. The number of hydrogen-bond donors (Lipinski definition) is 1. The third-order valence-corrected chi connectivity index (χ3v) is 3.46. The normalized spacial score (nSPS) is 10.5. The lowest BCUT2D eigenvalue weighted by Gasteiger charge is -2.09. The summed E-state index contributed by atoms with van der Waals surface area (Å²) in [5.41, 5.74) is 2.81. The molecule has 0 atom stereocenters. The molecular weight excluding hydrogens is 294 g/mol. The molecule has 23 heavy (non-hydrogen) atoms. The SMILES string of the molecule is COc1cccc(-n2nnc(C(=O)O)c2-c2cccc(C)c2)c1. The predicted octanol–water partition coefficient (Wildman–Crippen LogP) is 2.95. The maximum Gasteiger partial charge on any atom is 0.358 e. The van der Waals surface area contributed by atoms with Crippen molar-refractivity contribution in [3.05, 3.63) is 59.8 Å². The number of carboxylic acid groups (broad SMARTS) is 1. The average Bonchev–Trinajstić information content (AvgIpc) is 3.00. The van der Waals surface area contributed by atoms with Crippen molar-refractivity contribution in [3.8, 4) is 22.7 Å². The molecule has 3 aromatic rings. The van der Waals surface area contributed by atoms with E-state index in [4.69, 9.17) is 4.74 Å². The molecule has 0 radical (unpaired) electrons. The molecule has 0 aliphatic rings. The highest BCUT2D eigenvalue weighted by Crippen LogP contribution is 2.27. The molecule has 1 N–H and O–H groups in total. The fourth-order valence-corrected chi connectivity index (χ4v) is 2.40. The van der Waals surface area contributed by atoms with Gasteiger partial charge in [-0.1, -0.05) is 35.0 Å². The van der Waals surface area contributed by atoms with Crippen LogP contribution in [-0.2, 0) is 0 Å². The molecule has 0 bridgehead atoms. The summed E-state index contributed by atoms with van der Waals surface area (Å²) in [5.74, 6) is -0.458. The van der Waals surface area contributed by atoms with Gasteiger partial charge in [-0.2, -0.15) is 0 Å². The highest BCUT2D eigenvalue weighted by molar-refractivity contribution is 5.93. The first kappa shape index (κ1) is 14.8. The van der Waals surface area contributed by atoms with Gasteiger partial charge < -0.3 is 9.84 Å². The molecule has 0 spiro atoms. The third kappa shape index (κ3) is 2.78. The van der Waals surface area contributed by atoms with Crippen LogP contribution in [-0.4, -0.2) is 33.2 Å². The standard InChI is InChI=1S/C17H15N3O3/c1-11-5-3-6-12(9-11)16-15(17(21)22)18-19-20(16)13-7-4-8-14(10-13)23-2/h3-10H,1-2H3,(H,21,22). The lowest BCUT2D eigenvalue weighted by atomic mass is 10.1. The van der Waals surface area contributed by atoms with Crippen LogP contribution in [0.15, 0.2) is 48.5 Å². The van der Waals surface area contributed by atoms with E-state index in [9.17, 15) is 9.90 Å². The monoisotopic (exact) mass is 309 g/mol. The summed E-state index contributed by atoms with van der Waals surface area (Å²) in [7, 11) is 1.57. The lowest BCUT2D eigenvalue weighted by Crippen LogP contribution is -2.03. The third-order valence-electron chi connectivity index (χ3n) is 3.46. The first-order valence-electron chi connectivity index (χ1n) is 7.00. The Morgan fingerprint density at radius 1 is 1.17 bits per heavy atom. The highest BCUT2D eigenvalue weighted by Gasteiger charge is 2.21. The van der Waals surface area contributed by atoms with E-state index in [0.29, 0.717) is 17.1 Å². The summed E-state index contributed by atoms with van der Waals surface area (Å²) in [6.07, 6.45) is 0. The van der Waals surface area contributed by atoms with Crippen molar-refractivity contribution in [2.45, 2.75) is 6.92 Å². The molecular formula is C17H15N3O3. The van der Waals surface area contributed by atoms with E-state index in [1.807, 2.05) is 49.4 Å². The van der Waals surface area contributed by atoms with Crippen molar-refractivity contribution >= 4 is 5.97 Å². The van der Waals surface area contributed by atoms with Crippen molar-refractivity contribution in [1.82, 2.24) is 15.0 Å². The molecule has 0 unspecified atom stereocenters. The van der Waals surface area contributed by atoms with Crippen LogP contribution >= 0.6 is 0 Å². The van der Waals surface area contributed by atoms with Crippen LogP contribution in [0.5, 0.6) is 5.75 Å². The summed E-state index contributed by atoms with van der Waals surface area (Å²) < 4.78 is 6.73. The molecule has 1 heterocycles. The Labute approximate surface area is 133 Å². The Hall–Kier alpha value is -3.15. The van der Waals surface area contributed by atoms with E-state index < -0.39 is 5.97 Å². The van der Waals surface area contributed by atoms with Crippen LogP contribution in [0.1, 0.15) is 16.1 Å². The fourth-order valence-electron chi connectivity index (χ4n) is 2.40. The average molecular weight is 309 g/mol. The number of methoxy groups -OCH3 is 1. The molecule has 0 aliphatic carbocycles. The summed E-state index contributed by atoms with van der Waals surface area (Å²) in [4.78, 5) is 11.5. The fraction of sp³-hybridized carbons (Fsp3) is 0.118. The topological polar surface area (TPSA) is 77.2 Å². The zero-order valence-electron chi connectivity index (χ0n) is 12.7. The van der Waals surface area contributed by atoms with Crippen molar-refractivity contribution in [1.29, 1.82) is 0 Å². The smallest absolute Gasteiger partial charge is 0.358 e. The summed E-state index contributed by atoms with van der Waals surface area (Å²) in [6, 6.07) is 14.8. The van der Waals surface area contributed by atoms with Gasteiger partial charge in [-0.15, -0.1) is 5.10 Å². The van der Waals surface area contributed by atoms with Gasteiger partial charge in [-0.3, -0.25) is 0 Å². The van der Waals surface area contributed by atoms with Crippen molar-refractivity contribution in [3.63, 3.8) is 0 Å². The molecule has 3 rings (SSSR count). The number of benzene rings is 2. The van der Waals surface area contributed by atoms with Crippen LogP contribution in [0, 0.1) is 6.92 Å². The summed E-state index contributed by atoms with van der Waals surface area (Å²) in [5, 5.41) is 17.3. The molecule has 0 saturated carbocycles. The second-order valence-corrected chi connectivity index (χ2v) is 5.07. The van der Waals surface area contributed by atoms with Gasteiger partial charge in [-0.25, -0.2) is 9.48 Å². The molecule has 0 aliphatic heterocycles. The van der Waals surface area contributed by atoms with Crippen LogP contribution in [0.25, 0.3) is 16.9 Å². The van der Waals surface area contributed by atoms with E-state index in [1.54, 1.807) is 13.2 Å². The van der Waals surface area contributed by atoms with Gasteiger partial charge in [-0.05, 0) is 25.1 Å². The Morgan fingerprint density at radius 3 is 2.65 bits per heavy atom. The maximum absolute atomic E-state index is 11.5. The van der Waals surface area contributed by atoms with E-state index in [0.717, 1.165) is 11.1 Å². The highest BCUT2D eigenvalue weighted by atomic mass is 16.5. The number of aromatic nitrogens is 3. The number of aryl methyl sites for hydroxylation is 1. The minimum atomic E-state index is -1.12. The van der Waals surface area contributed by atoms with Crippen LogP contribution in [0.3, 0.4) is 0 Å². The van der Waals surface area contributed by atoms with Crippen LogP contribution < -0.4 is 4.74 Å². The van der Waals surface area contributed by atoms with Gasteiger partial charge in [0.2, 0.25) is 0 Å². The van der Waals surface area contributed by atoms with Gasteiger partial charge in [0.05, 0.1) is 12.8 Å². The number of ether oxygens (including phenoxy) is 1. The largest absolute Gasteiger partial charge is 0.497 e. The molecule has 2 aromatic carbocycles. The molecule has 0 saturated heterocycles. The van der Waals surface area contributed by atoms with E-state index >= 15 is 0 Å². The zero-order chi connectivity index (χ0) is 16.4. The van der Waals surface area contributed by atoms with Gasteiger partial charge in [0, 0.05) is 11.6 Å². The molecule has 6 nitrogen and oxygen atoms in total. The molecule has 0 amide bonds. The molecule has 116 valence electrons. The zero-order valence-corrected chi connectivity index (χ0v) is 12.7. The lowest BCUT2D eigenvalue weighted by molar-refractivity contribution is 0.0691. The van der Waals surface area contributed by atoms with Gasteiger partial charge >= 0.3 is 5.97 Å². The molecule has 6 heteroatoms. The Kier molecular flexibility index (Phi) is 3.80. The van der Waals surface area contributed by atoms with Gasteiger partial charge in [0.15, 0.2) is 5.69 Å². The van der Waals surface area contributed by atoms with Crippen LogP contribution in [0.4, 0.5) is 0 Å². The second kappa shape index (κ2) is 5.92. The van der Waals surface area contributed by atoms with E-state index in [1.165, 1.54) is 4.68 Å². The summed E-state index contributed by atoms with van der Waals surface area (Å²) >= 11 is 0. The van der Waals surface area contributed by atoms with Crippen molar-refractivity contribution in [2.75, 3.05) is 7.11 Å². The Balaban J connectivity index is 2.24. The number of rotatable bonds is 4. The minimum Gasteiger partial charge on any atom is -0.497 e. The first-order chi connectivity index (χ1) is 11.1. The number of carboxylic acids is 1. The molecule has 0 fully saturated rings. The second-order valence-electron chi connectivity index (χ2n) is 5.07. The minimum absolute atomic E-state index is 0.0848. The number of carbonyl (C=O) groups is 1. The van der Waals surface area contributed by atoms with E-state index in [-0.39, 0.29) is 5.69 Å². The van der Waals surface area contributed by atoms with Crippen LogP contribution in [0.2, 0.25) is 0 Å². The van der Waals surface area contributed by atoms with Gasteiger partial charge in [0.25, 0.3) is 0 Å². The van der Waals surface area contributed by atoms with Crippen molar-refractivity contribution in [2.24, 2.45) is 0 Å². The molecule has 1 aromatic heterocycles. The van der Waals surface area contributed by atoms with Crippen molar-refractivity contribution < 1.29 is 14.6 Å². The summed E-state index contributed by atoms with van der Waals surface area (Å²) in [6.45, 7) is 1.95. The quantitative estimate of drug-likeness (QED) is 0.801. The number of aromatic carboxylic acids is 1.